The van der Waals surface area contributed by atoms with E-state index in [1.165, 1.54) is 18.2 Å². The second kappa shape index (κ2) is 5.65. The van der Waals surface area contributed by atoms with Gasteiger partial charge in [0.05, 0.1) is 15.7 Å². The number of anilines is 2. The van der Waals surface area contributed by atoms with Crippen molar-refractivity contribution < 1.29 is 4.79 Å². The molecule has 19 heavy (non-hydrogen) atoms. The third-order valence-electron chi connectivity index (χ3n) is 2.26. The van der Waals surface area contributed by atoms with E-state index >= 15 is 0 Å². The van der Waals surface area contributed by atoms with E-state index in [9.17, 15) is 4.79 Å². The van der Waals surface area contributed by atoms with Crippen LogP contribution in [0.1, 0.15) is 10.5 Å². The van der Waals surface area contributed by atoms with Crippen LogP contribution in [0.5, 0.6) is 0 Å². The smallest absolute Gasteiger partial charge is 0.275 e. The molecule has 1 heterocycles. The van der Waals surface area contributed by atoms with Gasteiger partial charge in [-0.3, -0.25) is 4.79 Å². The zero-order valence-electron chi connectivity index (χ0n) is 9.45. The number of nitrogens with one attached hydrogen (secondary N) is 1. The van der Waals surface area contributed by atoms with Crippen LogP contribution in [-0.2, 0) is 0 Å². The average molecular weight is 317 g/mol. The molecule has 1 aromatic carbocycles. The van der Waals surface area contributed by atoms with E-state index in [1.54, 1.807) is 12.1 Å². The number of rotatable bonds is 2. The zero-order valence-corrected chi connectivity index (χ0v) is 11.7. The molecule has 0 aliphatic heterocycles. The lowest BCUT2D eigenvalue weighted by Gasteiger charge is -2.08. The van der Waals surface area contributed by atoms with E-state index < -0.39 is 5.91 Å². The Labute approximate surface area is 124 Å². The van der Waals surface area contributed by atoms with E-state index in [2.05, 4.69) is 10.3 Å². The number of nitrogen functional groups attached to an aromatic ring is 1. The molecule has 98 valence electrons. The summed E-state index contributed by atoms with van der Waals surface area (Å²) in [7, 11) is 0. The Kier molecular flexibility index (Phi) is 4.14. The van der Waals surface area contributed by atoms with Crippen LogP contribution in [0.15, 0.2) is 30.3 Å². The van der Waals surface area contributed by atoms with Gasteiger partial charge in [0.2, 0.25) is 0 Å². The molecule has 0 bridgehead atoms. The van der Waals surface area contributed by atoms with Crippen molar-refractivity contribution in [3.63, 3.8) is 0 Å². The van der Waals surface area contributed by atoms with Crippen molar-refractivity contribution in [3.05, 3.63) is 51.1 Å². The van der Waals surface area contributed by atoms with Crippen LogP contribution in [0.25, 0.3) is 0 Å². The van der Waals surface area contributed by atoms with Crippen molar-refractivity contribution in [1.29, 1.82) is 0 Å². The highest BCUT2D eigenvalue weighted by Gasteiger charge is 2.14. The summed E-state index contributed by atoms with van der Waals surface area (Å²) in [5.74, 6) is -0.293. The van der Waals surface area contributed by atoms with Crippen molar-refractivity contribution in [1.82, 2.24) is 4.98 Å². The fourth-order valence-corrected chi connectivity index (χ4v) is 2.04. The predicted molar refractivity (Wildman–Crippen MR) is 78.1 cm³/mol. The monoisotopic (exact) mass is 315 g/mol. The van der Waals surface area contributed by atoms with Gasteiger partial charge in [0.25, 0.3) is 5.91 Å². The maximum atomic E-state index is 12.0. The number of hydrogen-bond acceptors (Lipinski definition) is 3. The highest BCUT2D eigenvalue weighted by Crippen LogP contribution is 2.26. The summed E-state index contributed by atoms with van der Waals surface area (Å²) in [6.07, 6.45) is 0. The quantitative estimate of drug-likeness (QED) is 0.883. The zero-order chi connectivity index (χ0) is 14.0. The summed E-state index contributed by atoms with van der Waals surface area (Å²) < 4.78 is 0. The average Bonchev–Trinajstić information content (AvgIpc) is 2.35. The van der Waals surface area contributed by atoms with E-state index in [4.69, 9.17) is 40.5 Å². The van der Waals surface area contributed by atoms with Crippen molar-refractivity contribution in [3.8, 4) is 0 Å². The van der Waals surface area contributed by atoms with Crippen LogP contribution in [0, 0.1) is 0 Å². The van der Waals surface area contributed by atoms with Crippen LogP contribution in [0.4, 0.5) is 11.5 Å². The molecule has 0 aliphatic carbocycles. The summed E-state index contributed by atoms with van der Waals surface area (Å²) in [5.41, 5.74) is 5.96. The van der Waals surface area contributed by atoms with E-state index in [-0.39, 0.29) is 16.5 Å². The molecule has 3 N–H and O–H groups in total. The standard InChI is InChI=1S/C12H8Cl3N3O/c13-6-1-3-9(8(15)5-6)17-12(19)11-7(14)2-4-10(16)18-11/h1-5H,(H2,16,18)(H,17,19). The molecule has 0 unspecified atom stereocenters. The molecule has 4 nitrogen and oxygen atoms in total. The minimum atomic E-state index is -0.499. The highest BCUT2D eigenvalue weighted by atomic mass is 35.5. The van der Waals surface area contributed by atoms with Gasteiger partial charge in [0, 0.05) is 5.02 Å². The molecule has 2 aromatic rings. The first-order valence-corrected chi connectivity index (χ1v) is 6.29. The van der Waals surface area contributed by atoms with Gasteiger partial charge >= 0.3 is 0 Å². The van der Waals surface area contributed by atoms with Crippen LogP contribution in [0.2, 0.25) is 15.1 Å². The number of pyridine rings is 1. The number of benzene rings is 1. The molecule has 7 heteroatoms. The molecular formula is C12H8Cl3N3O. The molecule has 2 rings (SSSR count). The highest BCUT2D eigenvalue weighted by molar-refractivity contribution is 6.37. The third-order valence-corrected chi connectivity index (χ3v) is 3.11. The molecule has 0 atom stereocenters. The summed E-state index contributed by atoms with van der Waals surface area (Å²) in [6.45, 7) is 0. The molecule has 0 fully saturated rings. The van der Waals surface area contributed by atoms with Crippen LogP contribution in [0.3, 0.4) is 0 Å². The number of halogens is 3. The molecule has 0 saturated carbocycles. The summed E-state index contributed by atoms with van der Waals surface area (Å²) >= 11 is 17.6. The van der Waals surface area contributed by atoms with Crippen molar-refractivity contribution in [2.75, 3.05) is 11.1 Å². The van der Waals surface area contributed by atoms with E-state index in [0.29, 0.717) is 15.7 Å². The normalized spacial score (nSPS) is 10.3. The van der Waals surface area contributed by atoms with Gasteiger partial charge < -0.3 is 11.1 Å². The first kappa shape index (κ1) is 13.9. The largest absolute Gasteiger partial charge is 0.384 e. The Morgan fingerprint density at radius 2 is 1.84 bits per heavy atom. The lowest BCUT2D eigenvalue weighted by atomic mass is 10.3. The minimum Gasteiger partial charge on any atom is -0.384 e. The first-order chi connectivity index (χ1) is 8.97. The van der Waals surface area contributed by atoms with Gasteiger partial charge in [-0.25, -0.2) is 4.98 Å². The number of hydrogen-bond donors (Lipinski definition) is 2. The van der Waals surface area contributed by atoms with E-state index in [1.807, 2.05) is 0 Å². The Morgan fingerprint density at radius 3 is 2.53 bits per heavy atom. The number of carbonyl (C=O) groups is 1. The SMILES string of the molecule is Nc1ccc(Cl)c(C(=O)Nc2ccc(Cl)cc2Cl)n1. The molecule has 0 saturated heterocycles. The predicted octanol–water partition coefficient (Wildman–Crippen LogP) is 3.88. The third kappa shape index (κ3) is 3.29. The minimum absolute atomic E-state index is 0.0349. The van der Waals surface area contributed by atoms with Gasteiger partial charge in [-0.1, -0.05) is 34.8 Å². The Balaban J connectivity index is 2.28. The molecule has 0 aliphatic rings. The number of carbonyl (C=O) groups excluding carboxylic acids is 1. The fraction of sp³-hybridized carbons (Fsp3) is 0. The van der Waals surface area contributed by atoms with E-state index in [0.717, 1.165) is 0 Å². The van der Waals surface area contributed by atoms with Gasteiger partial charge in [-0.05, 0) is 30.3 Å². The molecule has 1 aromatic heterocycles. The summed E-state index contributed by atoms with van der Waals surface area (Å²) in [6, 6.07) is 7.73. The van der Waals surface area contributed by atoms with Gasteiger partial charge in [-0.15, -0.1) is 0 Å². The Morgan fingerprint density at radius 1 is 1.11 bits per heavy atom. The molecule has 0 spiro atoms. The van der Waals surface area contributed by atoms with Crippen LogP contribution in [-0.4, -0.2) is 10.9 Å². The van der Waals surface area contributed by atoms with Crippen molar-refractivity contribution in [2.24, 2.45) is 0 Å². The molecular weight excluding hydrogens is 309 g/mol. The summed E-state index contributed by atoms with van der Waals surface area (Å²) in [5, 5.41) is 3.59. The number of nitrogens with two attached hydrogens (primary N) is 1. The number of nitrogens with zero attached hydrogens (tertiary/aromatic N) is 1. The van der Waals surface area contributed by atoms with Gasteiger partial charge in [0.1, 0.15) is 11.5 Å². The van der Waals surface area contributed by atoms with Crippen LogP contribution < -0.4 is 11.1 Å². The van der Waals surface area contributed by atoms with Crippen molar-refractivity contribution >= 4 is 52.2 Å². The van der Waals surface area contributed by atoms with Gasteiger partial charge in [-0.2, -0.15) is 0 Å². The summed E-state index contributed by atoms with van der Waals surface area (Å²) in [4.78, 5) is 15.9. The second-order valence-electron chi connectivity index (χ2n) is 3.64. The molecule has 0 radical (unpaired) electrons. The lowest BCUT2D eigenvalue weighted by molar-refractivity contribution is 0.102. The maximum absolute atomic E-state index is 12.0. The number of aromatic nitrogens is 1. The fourth-order valence-electron chi connectivity index (χ4n) is 1.39. The number of amides is 1. The first-order valence-electron chi connectivity index (χ1n) is 5.16. The Bertz CT molecular complexity index is 646. The van der Waals surface area contributed by atoms with Gasteiger partial charge in [0.15, 0.2) is 0 Å². The van der Waals surface area contributed by atoms with Crippen LogP contribution >= 0.6 is 34.8 Å². The lowest BCUT2D eigenvalue weighted by Crippen LogP contribution is -2.15. The second-order valence-corrected chi connectivity index (χ2v) is 4.90. The topological polar surface area (TPSA) is 68.0 Å². The maximum Gasteiger partial charge on any atom is 0.275 e. The molecule has 1 amide bonds. The van der Waals surface area contributed by atoms with Crippen molar-refractivity contribution in [2.45, 2.75) is 0 Å². The Hall–Kier alpha value is -1.49.